The van der Waals surface area contributed by atoms with Crippen LogP contribution in [0.2, 0.25) is 0 Å². The van der Waals surface area contributed by atoms with Gasteiger partial charge in [-0.2, -0.15) is 4.98 Å². The number of benzene rings is 1. The van der Waals surface area contributed by atoms with E-state index in [2.05, 4.69) is 49.6 Å². The fourth-order valence-corrected chi connectivity index (χ4v) is 3.86. The van der Waals surface area contributed by atoms with E-state index in [4.69, 9.17) is 4.98 Å². The lowest BCUT2D eigenvalue weighted by Gasteiger charge is -2.33. The van der Waals surface area contributed by atoms with Crippen LogP contribution in [0.3, 0.4) is 0 Å². The summed E-state index contributed by atoms with van der Waals surface area (Å²) in [4.78, 5) is 32.8. The molecule has 1 aliphatic heterocycles. The molecule has 0 amide bonds. The first-order valence-electron chi connectivity index (χ1n) is 9.46. The lowest BCUT2D eigenvalue weighted by Crippen LogP contribution is -2.40. The van der Waals surface area contributed by atoms with Crippen LogP contribution in [-0.2, 0) is 20.1 Å². The maximum absolute atomic E-state index is 13.2. The average molecular weight is 379 g/mol. The summed E-state index contributed by atoms with van der Waals surface area (Å²) in [5, 5.41) is 0. The van der Waals surface area contributed by atoms with Gasteiger partial charge in [0, 0.05) is 25.8 Å². The Hall–Kier alpha value is -3.09. The summed E-state index contributed by atoms with van der Waals surface area (Å²) in [5.74, 6) is 1.04. The number of hydrogen-bond acceptors (Lipinski definition) is 4. The number of imidazole rings is 1. The Morgan fingerprint density at radius 3 is 2.54 bits per heavy atom. The molecule has 28 heavy (non-hydrogen) atoms. The largest absolute Gasteiger partial charge is 0.332 e. The van der Waals surface area contributed by atoms with Crippen LogP contribution in [0.15, 0.2) is 46.0 Å². The summed E-state index contributed by atoms with van der Waals surface area (Å²) < 4.78 is 4.66. The van der Waals surface area contributed by atoms with Gasteiger partial charge in [-0.3, -0.25) is 13.9 Å². The Balaban J connectivity index is 2.00. The monoisotopic (exact) mass is 379 g/mol. The van der Waals surface area contributed by atoms with Crippen molar-refractivity contribution in [1.29, 1.82) is 0 Å². The number of allylic oxidation sites excluding steroid dienone is 1. The zero-order valence-electron chi connectivity index (χ0n) is 16.8. The van der Waals surface area contributed by atoms with Crippen molar-refractivity contribution in [2.45, 2.75) is 33.9 Å². The third-order valence-electron chi connectivity index (χ3n) is 5.22. The molecule has 3 heterocycles. The van der Waals surface area contributed by atoms with E-state index in [-0.39, 0.29) is 17.8 Å². The van der Waals surface area contributed by atoms with E-state index in [9.17, 15) is 9.59 Å². The number of aromatic nitrogens is 4. The summed E-state index contributed by atoms with van der Waals surface area (Å²) in [6, 6.07) is 8.26. The number of hydrogen-bond donors (Lipinski definition) is 0. The third-order valence-corrected chi connectivity index (χ3v) is 5.22. The van der Waals surface area contributed by atoms with E-state index in [1.807, 2.05) is 11.5 Å². The molecule has 0 N–H and O–H groups in total. The minimum Gasteiger partial charge on any atom is -0.312 e. The summed E-state index contributed by atoms with van der Waals surface area (Å²) in [6.07, 6.45) is 0. The van der Waals surface area contributed by atoms with E-state index in [0.29, 0.717) is 29.6 Å². The molecule has 1 atom stereocenters. The van der Waals surface area contributed by atoms with Crippen molar-refractivity contribution < 1.29 is 0 Å². The molecule has 1 unspecified atom stereocenters. The van der Waals surface area contributed by atoms with Gasteiger partial charge in [0.1, 0.15) is 0 Å². The highest BCUT2D eigenvalue weighted by Gasteiger charge is 2.29. The molecule has 0 radical (unpaired) electrons. The van der Waals surface area contributed by atoms with Crippen LogP contribution < -0.4 is 16.1 Å². The van der Waals surface area contributed by atoms with Crippen molar-refractivity contribution in [3.05, 3.63) is 62.8 Å². The van der Waals surface area contributed by atoms with Crippen molar-refractivity contribution in [3.8, 4) is 0 Å². The lowest BCUT2D eigenvalue weighted by molar-refractivity contribution is 0.458. The molecule has 0 spiro atoms. The summed E-state index contributed by atoms with van der Waals surface area (Å²) in [7, 11) is 1.66. The Bertz CT molecular complexity index is 1200. The standard InChI is InChI=1S/C21H25N5O2/c1-13(2)10-26-19(27)17-18(23(5)21(26)28)22-20-24(11-15(4)12-25(17)20)16-8-6-14(3)7-9-16/h6-9,15H,1,10-12H2,2-5H3. The lowest BCUT2D eigenvalue weighted by atomic mass is 10.1. The van der Waals surface area contributed by atoms with Crippen molar-refractivity contribution in [2.75, 3.05) is 11.4 Å². The first-order chi connectivity index (χ1) is 13.3. The van der Waals surface area contributed by atoms with E-state index >= 15 is 0 Å². The molecule has 0 aliphatic carbocycles. The maximum Gasteiger partial charge on any atom is 0.332 e. The topological polar surface area (TPSA) is 65.1 Å². The van der Waals surface area contributed by atoms with Gasteiger partial charge in [-0.05, 0) is 31.9 Å². The van der Waals surface area contributed by atoms with Gasteiger partial charge in [0.2, 0.25) is 5.95 Å². The second-order valence-electron chi connectivity index (χ2n) is 7.94. The smallest absolute Gasteiger partial charge is 0.312 e. The fourth-order valence-electron chi connectivity index (χ4n) is 3.86. The van der Waals surface area contributed by atoms with Gasteiger partial charge < -0.3 is 9.47 Å². The quantitative estimate of drug-likeness (QED) is 0.656. The summed E-state index contributed by atoms with van der Waals surface area (Å²) >= 11 is 0. The van der Waals surface area contributed by atoms with Crippen LogP contribution >= 0.6 is 0 Å². The zero-order chi connectivity index (χ0) is 20.2. The van der Waals surface area contributed by atoms with E-state index in [0.717, 1.165) is 17.8 Å². The second kappa shape index (κ2) is 6.51. The Labute approximate surface area is 163 Å². The van der Waals surface area contributed by atoms with Crippen LogP contribution in [0, 0.1) is 12.8 Å². The number of rotatable bonds is 3. The fraction of sp³-hybridized carbons (Fsp3) is 0.381. The normalized spacial score (nSPS) is 16.4. The summed E-state index contributed by atoms with van der Waals surface area (Å²) in [6.45, 7) is 11.6. The van der Waals surface area contributed by atoms with E-state index in [1.165, 1.54) is 14.7 Å². The SMILES string of the molecule is C=C(C)Cn1c(=O)c2c(nc3n2CC(C)CN3c2ccc(C)cc2)n(C)c1=O. The third kappa shape index (κ3) is 2.78. The minimum atomic E-state index is -0.370. The van der Waals surface area contributed by atoms with Crippen molar-refractivity contribution in [1.82, 2.24) is 18.7 Å². The molecule has 3 aromatic rings. The minimum absolute atomic E-state index is 0.208. The first-order valence-corrected chi connectivity index (χ1v) is 9.46. The Morgan fingerprint density at radius 2 is 1.89 bits per heavy atom. The Kier molecular flexibility index (Phi) is 4.25. The van der Waals surface area contributed by atoms with Crippen LogP contribution in [-0.4, -0.2) is 25.2 Å². The van der Waals surface area contributed by atoms with Gasteiger partial charge in [0.25, 0.3) is 5.56 Å². The van der Waals surface area contributed by atoms with Crippen LogP contribution in [0.4, 0.5) is 11.6 Å². The van der Waals surface area contributed by atoms with Crippen molar-refractivity contribution >= 4 is 22.8 Å². The number of fused-ring (bicyclic) bond motifs is 3. The predicted octanol–water partition coefficient (Wildman–Crippen LogP) is 2.57. The van der Waals surface area contributed by atoms with Crippen LogP contribution in [0.1, 0.15) is 19.4 Å². The molecule has 0 saturated carbocycles. The summed E-state index contributed by atoms with van der Waals surface area (Å²) in [5.41, 5.74) is 3.19. The van der Waals surface area contributed by atoms with Crippen molar-refractivity contribution in [3.63, 3.8) is 0 Å². The van der Waals surface area contributed by atoms with E-state index in [1.54, 1.807) is 7.05 Å². The molecule has 146 valence electrons. The van der Waals surface area contributed by atoms with Crippen LogP contribution in [0.5, 0.6) is 0 Å². The molecule has 0 bridgehead atoms. The molecule has 7 heteroatoms. The van der Waals surface area contributed by atoms with E-state index < -0.39 is 0 Å². The number of anilines is 2. The zero-order valence-corrected chi connectivity index (χ0v) is 16.8. The average Bonchev–Trinajstić information content (AvgIpc) is 3.03. The molecule has 1 aromatic carbocycles. The number of nitrogens with zero attached hydrogens (tertiary/aromatic N) is 5. The highest BCUT2D eigenvalue weighted by Crippen LogP contribution is 2.32. The van der Waals surface area contributed by atoms with Crippen molar-refractivity contribution in [2.24, 2.45) is 13.0 Å². The molecule has 4 rings (SSSR count). The van der Waals surface area contributed by atoms with Crippen LogP contribution in [0.25, 0.3) is 11.2 Å². The van der Waals surface area contributed by atoms with Gasteiger partial charge in [0.15, 0.2) is 11.2 Å². The van der Waals surface area contributed by atoms with Gasteiger partial charge in [-0.1, -0.05) is 36.8 Å². The molecule has 2 aromatic heterocycles. The molecule has 0 fully saturated rings. The highest BCUT2D eigenvalue weighted by atomic mass is 16.2. The molecular formula is C21H25N5O2. The van der Waals surface area contributed by atoms with Gasteiger partial charge >= 0.3 is 5.69 Å². The van der Waals surface area contributed by atoms with Gasteiger partial charge in [0.05, 0.1) is 6.54 Å². The Morgan fingerprint density at radius 1 is 1.21 bits per heavy atom. The number of aryl methyl sites for hydroxylation is 2. The molecule has 7 nitrogen and oxygen atoms in total. The molecule has 1 aliphatic rings. The molecule has 0 saturated heterocycles. The second-order valence-corrected chi connectivity index (χ2v) is 7.94. The predicted molar refractivity (Wildman–Crippen MR) is 111 cm³/mol. The first kappa shape index (κ1) is 18.3. The molecular weight excluding hydrogens is 354 g/mol. The highest BCUT2D eigenvalue weighted by molar-refractivity contribution is 5.77. The van der Waals surface area contributed by atoms with Gasteiger partial charge in [-0.15, -0.1) is 0 Å². The maximum atomic E-state index is 13.2. The van der Waals surface area contributed by atoms with Gasteiger partial charge in [-0.25, -0.2) is 4.79 Å².